The van der Waals surface area contributed by atoms with Gasteiger partial charge in [0.15, 0.2) is 5.13 Å². The molecular formula is C15H14FN3O2S. The fourth-order valence-electron chi connectivity index (χ4n) is 2.13. The van der Waals surface area contributed by atoms with Crippen molar-refractivity contribution in [3.63, 3.8) is 0 Å². The Morgan fingerprint density at radius 1 is 1.50 bits per heavy atom. The Balaban J connectivity index is 1.72. The van der Waals surface area contributed by atoms with Gasteiger partial charge >= 0.3 is 0 Å². The van der Waals surface area contributed by atoms with Gasteiger partial charge in [-0.25, -0.2) is 9.37 Å². The van der Waals surface area contributed by atoms with E-state index in [1.807, 2.05) is 6.92 Å². The number of benzene rings is 1. The molecule has 7 heteroatoms. The molecule has 0 aliphatic carbocycles. The molecule has 0 spiro atoms. The average Bonchev–Trinajstić information content (AvgIpc) is 3.06. The third kappa shape index (κ3) is 2.85. The molecule has 0 fully saturated rings. The van der Waals surface area contributed by atoms with E-state index in [9.17, 15) is 9.18 Å². The van der Waals surface area contributed by atoms with Crippen molar-refractivity contribution in [3.05, 3.63) is 46.7 Å². The highest BCUT2D eigenvalue weighted by atomic mass is 32.1. The van der Waals surface area contributed by atoms with E-state index in [1.54, 1.807) is 25.3 Å². The lowest BCUT2D eigenvalue weighted by Crippen LogP contribution is -2.40. The van der Waals surface area contributed by atoms with Crippen LogP contribution in [0.3, 0.4) is 0 Å². The van der Waals surface area contributed by atoms with Gasteiger partial charge < -0.3 is 4.84 Å². The lowest BCUT2D eigenvalue weighted by Gasteiger charge is -2.19. The number of nitrogens with zero attached hydrogens (tertiary/aromatic N) is 2. The van der Waals surface area contributed by atoms with Gasteiger partial charge in [-0.15, -0.1) is 11.3 Å². The molecule has 1 atom stereocenters. The van der Waals surface area contributed by atoms with Crippen LogP contribution in [0, 0.1) is 12.7 Å². The summed E-state index contributed by atoms with van der Waals surface area (Å²) in [6.45, 7) is 3.56. The van der Waals surface area contributed by atoms with Crippen molar-refractivity contribution in [1.29, 1.82) is 0 Å². The maximum Gasteiger partial charge on any atom is 0.273 e. The molecule has 114 valence electrons. The molecule has 1 aliphatic rings. The van der Waals surface area contributed by atoms with Crippen LogP contribution in [-0.2, 0) is 9.63 Å². The lowest BCUT2D eigenvalue weighted by atomic mass is 9.95. The number of anilines is 1. The predicted molar refractivity (Wildman–Crippen MR) is 82.5 cm³/mol. The summed E-state index contributed by atoms with van der Waals surface area (Å²) in [4.78, 5) is 22.8. The van der Waals surface area contributed by atoms with E-state index in [0.29, 0.717) is 16.4 Å². The van der Waals surface area contributed by atoms with Crippen molar-refractivity contribution < 1.29 is 14.0 Å². The first kappa shape index (κ1) is 14.6. The third-order valence-electron chi connectivity index (χ3n) is 3.34. The maximum atomic E-state index is 13.3. The van der Waals surface area contributed by atoms with Crippen LogP contribution in [0.2, 0.25) is 0 Å². The largest absolute Gasteiger partial charge is 0.379 e. The maximum absolute atomic E-state index is 13.3. The number of oxime groups is 1. The Morgan fingerprint density at radius 3 is 3.00 bits per heavy atom. The number of carbonyl (C=O) groups is 1. The number of carbonyl (C=O) groups excluding carboxylic acids is 1. The summed E-state index contributed by atoms with van der Waals surface area (Å²) >= 11 is 1.39. The van der Waals surface area contributed by atoms with Gasteiger partial charge in [0.1, 0.15) is 5.82 Å². The van der Waals surface area contributed by atoms with Crippen molar-refractivity contribution in [3.8, 4) is 0 Å². The molecule has 0 radical (unpaired) electrons. The van der Waals surface area contributed by atoms with E-state index >= 15 is 0 Å². The van der Waals surface area contributed by atoms with Gasteiger partial charge in [-0.05, 0) is 26.0 Å². The minimum Gasteiger partial charge on any atom is -0.379 e. The molecule has 2 heterocycles. The van der Waals surface area contributed by atoms with Crippen LogP contribution in [-0.4, -0.2) is 22.2 Å². The van der Waals surface area contributed by atoms with Crippen molar-refractivity contribution in [2.75, 3.05) is 5.32 Å². The van der Waals surface area contributed by atoms with E-state index in [2.05, 4.69) is 15.5 Å². The zero-order chi connectivity index (χ0) is 15.7. The zero-order valence-electron chi connectivity index (χ0n) is 12.1. The average molecular weight is 319 g/mol. The Morgan fingerprint density at radius 2 is 2.32 bits per heavy atom. The highest BCUT2D eigenvalue weighted by molar-refractivity contribution is 7.15. The second kappa shape index (κ2) is 5.49. The lowest BCUT2D eigenvalue weighted by molar-refractivity contribution is -0.135. The second-order valence-electron chi connectivity index (χ2n) is 5.28. The normalized spacial score (nSPS) is 20.4. The number of nitrogens with one attached hydrogen (secondary N) is 1. The van der Waals surface area contributed by atoms with E-state index in [1.165, 1.54) is 23.5 Å². The first-order valence-electron chi connectivity index (χ1n) is 6.71. The number of rotatable bonds is 3. The summed E-state index contributed by atoms with van der Waals surface area (Å²) in [6, 6.07) is 6.06. The topological polar surface area (TPSA) is 63.6 Å². The molecule has 1 aliphatic heterocycles. The Kier molecular flexibility index (Phi) is 3.66. The summed E-state index contributed by atoms with van der Waals surface area (Å²) in [5, 5.41) is 7.18. The van der Waals surface area contributed by atoms with Gasteiger partial charge in [0.2, 0.25) is 5.60 Å². The smallest absolute Gasteiger partial charge is 0.273 e. The molecule has 5 nitrogen and oxygen atoms in total. The van der Waals surface area contributed by atoms with Gasteiger partial charge in [-0.1, -0.05) is 17.3 Å². The molecule has 1 aromatic heterocycles. The Hall–Kier alpha value is -2.28. The molecule has 1 N–H and O–H groups in total. The van der Waals surface area contributed by atoms with Crippen LogP contribution in [0.25, 0.3) is 0 Å². The molecule has 3 rings (SSSR count). The molecule has 1 unspecified atom stereocenters. The third-order valence-corrected chi connectivity index (χ3v) is 4.17. The van der Waals surface area contributed by atoms with Gasteiger partial charge in [0.05, 0.1) is 5.71 Å². The summed E-state index contributed by atoms with van der Waals surface area (Å²) in [5.74, 6) is -0.673. The molecule has 0 saturated carbocycles. The van der Waals surface area contributed by atoms with E-state index in [-0.39, 0.29) is 18.1 Å². The molecule has 0 saturated heterocycles. The molecule has 1 aromatic carbocycles. The van der Waals surface area contributed by atoms with Crippen LogP contribution in [0.4, 0.5) is 9.52 Å². The molecular weight excluding hydrogens is 305 g/mol. The van der Waals surface area contributed by atoms with Gasteiger partial charge in [-0.3, -0.25) is 10.1 Å². The number of aromatic nitrogens is 1. The molecule has 0 bridgehead atoms. The van der Waals surface area contributed by atoms with Crippen LogP contribution >= 0.6 is 11.3 Å². The number of thiazole rings is 1. The van der Waals surface area contributed by atoms with Crippen molar-refractivity contribution >= 4 is 28.1 Å². The number of hydrogen-bond donors (Lipinski definition) is 1. The summed E-state index contributed by atoms with van der Waals surface area (Å²) in [7, 11) is 0. The van der Waals surface area contributed by atoms with E-state index < -0.39 is 5.60 Å². The summed E-state index contributed by atoms with van der Waals surface area (Å²) in [6.07, 6.45) is 1.96. The summed E-state index contributed by atoms with van der Waals surface area (Å²) in [5.41, 5.74) is 0.0374. The van der Waals surface area contributed by atoms with Crippen molar-refractivity contribution in [2.24, 2.45) is 5.16 Å². The van der Waals surface area contributed by atoms with E-state index in [4.69, 9.17) is 4.84 Å². The number of halogens is 1. The number of amides is 1. The monoisotopic (exact) mass is 319 g/mol. The quantitative estimate of drug-likeness (QED) is 0.945. The standard InChI is InChI=1S/C15H14FN3O2S/c1-9-8-17-14(22-9)18-13(20)15(2)7-12(19-21-15)10-4-3-5-11(16)6-10/h3-6,8H,7H2,1-2H3,(H,17,18,20). The fraction of sp³-hybridized carbons (Fsp3) is 0.267. The van der Waals surface area contributed by atoms with Gasteiger partial charge in [-0.2, -0.15) is 0 Å². The minimum absolute atomic E-state index is 0.270. The molecule has 22 heavy (non-hydrogen) atoms. The van der Waals surface area contributed by atoms with Crippen molar-refractivity contribution in [2.45, 2.75) is 25.9 Å². The Labute approximate surface area is 130 Å². The molecule has 1 amide bonds. The predicted octanol–water partition coefficient (Wildman–Crippen LogP) is 3.11. The first-order valence-corrected chi connectivity index (χ1v) is 7.53. The second-order valence-corrected chi connectivity index (χ2v) is 6.51. The highest BCUT2D eigenvalue weighted by Crippen LogP contribution is 2.29. The van der Waals surface area contributed by atoms with Crippen molar-refractivity contribution in [1.82, 2.24) is 4.98 Å². The first-order chi connectivity index (χ1) is 10.5. The van der Waals surface area contributed by atoms with Crippen LogP contribution in [0.15, 0.2) is 35.6 Å². The fourth-order valence-corrected chi connectivity index (χ4v) is 2.79. The SMILES string of the molecule is Cc1cnc(NC(=O)C2(C)CC(c3cccc(F)c3)=NO2)s1. The number of aryl methyl sites for hydroxylation is 1. The highest BCUT2D eigenvalue weighted by Gasteiger charge is 2.42. The minimum atomic E-state index is -1.12. The van der Waals surface area contributed by atoms with Crippen LogP contribution in [0.5, 0.6) is 0 Å². The van der Waals surface area contributed by atoms with Gasteiger partial charge in [0, 0.05) is 23.1 Å². The number of hydrogen-bond acceptors (Lipinski definition) is 5. The van der Waals surface area contributed by atoms with Crippen LogP contribution in [0.1, 0.15) is 23.8 Å². The Bertz CT molecular complexity index is 759. The molecule has 2 aromatic rings. The zero-order valence-corrected chi connectivity index (χ0v) is 12.9. The van der Waals surface area contributed by atoms with E-state index in [0.717, 1.165) is 4.88 Å². The van der Waals surface area contributed by atoms with Crippen LogP contribution < -0.4 is 5.32 Å². The van der Waals surface area contributed by atoms with Gasteiger partial charge in [0.25, 0.3) is 5.91 Å². The summed E-state index contributed by atoms with van der Waals surface area (Å²) < 4.78 is 13.3.